The molecule has 2 aliphatic carbocycles. The highest BCUT2D eigenvalue weighted by molar-refractivity contribution is 8.06. The van der Waals surface area contributed by atoms with Crippen molar-refractivity contribution in [3.63, 3.8) is 0 Å². The van der Waals surface area contributed by atoms with Gasteiger partial charge in [0.05, 0.1) is 12.1 Å². The van der Waals surface area contributed by atoms with Crippen LogP contribution < -0.4 is 9.80 Å². The summed E-state index contributed by atoms with van der Waals surface area (Å²) in [5.74, 6) is 0.546. The van der Waals surface area contributed by atoms with Crippen LogP contribution in [0.2, 0.25) is 0 Å². The molecule has 3 nitrogen and oxygen atoms in total. The molecule has 60 heavy (non-hydrogen) atoms. The first kappa shape index (κ1) is 34.9. The van der Waals surface area contributed by atoms with Crippen molar-refractivity contribution in [3.05, 3.63) is 198 Å². The zero-order chi connectivity index (χ0) is 39.7. The Labute approximate surface area is 359 Å². The second kappa shape index (κ2) is 13.1. The molecule has 2 saturated heterocycles. The number of thioether (sulfide) groups is 2. The summed E-state index contributed by atoms with van der Waals surface area (Å²) >= 11 is 4.26. The minimum atomic E-state index is -0.0513. The maximum absolute atomic E-state index is 6.16. The lowest BCUT2D eigenvalue weighted by Crippen LogP contribution is -2.38. The molecule has 290 valence electrons. The number of allylic oxidation sites excluding steroid dienone is 3. The molecular weight excluding hydrogens is 769 g/mol. The molecule has 2 fully saturated rings. The lowest BCUT2D eigenvalue weighted by atomic mass is 9.82. The van der Waals surface area contributed by atoms with Gasteiger partial charge in [-0.2, -0.15) is 0 Å². The Morgan fingerprint density at radius 2 is 1.33 bits per heavy atom. The van der Waals surface area contributed by atoms with E-state index in [1.165, 1.54) is 49.5 Å². The molecule has 13 rings (SSSR count). The number of anilines is 4. The van der Waals surface area contributed by atoms with E-state index in [9.17, 15) is 0 Å². The van der Waals surface area contributed by atoms with Gasteiger partial charge in [-0.15, -0.1) is 23.5 Å². The maximum Gasteiger partial charge on any atom is 0.135 e. The molecule has 0 saturated carbocycles. The monoisotopic (exact) mass is 810 g/mol. The first-order chi connectivity index (χ1) is 29.5. The van der Waals surface area contributed by atoms with E-state index in [1.54, 1.807) is 4.91 Å². The van der Waals surface area contributed by atoms with E-state index < -0.39 is 0 Å². The smallest absolute Gasteiger partial charge is 0.135 e. The number of rotatable bonds is 5. The summed E-state index contributed by atoms with van der Waals surface area (Å²) in [5, 5.41) is 3.39. The summed E-state index contributed by atoms with van der Waals surface area (Å²) in [6.07, 6.45) is 8.16. The summed E-state index contributed by atoms with van der Waals surface area (Å²) in [5.41, 5.74) is 15.8. The molecule has 5 atom stereocenters. The van der Waals surface area contributed by atoms with Crippen LogP contribution >= 0.6 is 23.5 Å². The van der Waals surface area contributed by atoms with Gasteiger partial charge in [0, 0.05) is 60.3 Å². The predicted molar refractivity (Wildman–Crippen MR) is 253 cm³/mol. The number of hydrogen-bond acceptors (Lipinski definition) is 5. The molecular formula is C55H42N2OS2. The number of furan rings is 1. The highest BCUT2D eigenvalue weighted by atomic mass is 32.2. The average molecular weight is 811 g/mol. The molecule has 0 amide bonds. The quantitative estimate of drug-likeness (QED) is 0.172. The average Bonchev–Trinajstić information content (AvgIpc) is 4.08. The molecule has 0 bridgehead atoms. The maximum atomic E-state index is 6.16. The van der Waals surface area contributed by atoms with E-state index in [0.29, 0.717) is 28.5 Å². The molecule has 5 unspecified atom stereocenters. The summed E-state index contributed by atoms with van der Waals surface area (Å²) in [6.45, 7) is 4.71. The van der Waals surface area contributed by atoms with Crippen molar-refractivity contribution in [3.8, 4) is 22.3 Å². The molecule has 5 heteroatoms. The van der Waals surface area contributed by atoms with Gasteiger partial charge >= 0.3 is 0 Å². The Morgan fingerprint density at radius 3 is 2.22 bits per heavy atom. The van der Waals surface area contributed by atoms with Crippen LogP contribution in [0.15, 0.2) is 190 Å². The van der Waals surface area contributed by atoms with Crippen LogP contribution in [0, 0.1) is 5.92 Å². The first-order valence-corrected chi connectivity index (χ1v) is 23.0. The number of fused-ring (bicyclic) bond motifs is 13. The van der Waals surface area contributed by atoms with Crippen LogP contribution in [0.3, 0.4) is 0 Å². The highest BCUT2D eigenvalue weighted by Gasteiger charge is 2.59. The molecule has 4 heterocycles. The molecule has 0 N–H and O–H groups in total. The van der Waals surface area contributed by atoms with Gasteiger partial charge in [0.15, 0.2) is 0 Å². The lowest BCUT2D eigenvalue weighted by Gasteiger charge is -2.36. The third kappa shape index (κ3) is 5.06. The largest absolute Gasteiger partial charge is 0.456 e. The molecule has 0 radical (unpaired) electrons. The lowest BCUT2D eigenvalue weighted by molar-refractivity contribution is 0.507. The van der Waals surface area contributed by atoms with Gasteiger partial charge in [0.2, 0.25) is 0 Å². The number of hydrogen-bond donors (Lipinski definition) is 0. The molecule has 3 aliphatic heterocycles. The van der Waals surface area contributed by atoms with Gasteiger partial charge in [0.25, 0.3) is 0 Å². The predicted octanol–water partition coefficient (Wildman–Crippen LogP) is 15.0. The van der Waals surface area contributed by atoms with Crippen molar-refractivity contribution in [1.82, 2.24) is 0 Å². The fourth-order valence-corrected chi connectivity index (χ4v) is 14.6. The van der Waals surface area contributed by atoms with E-state index in [4.69, 9.17) is 4.42 Å². The van der Waals surface area contributed by atoms with E-state index >= 15 is 0 Å². The second-order valence-electron chi connectivity index (χ2n) is 17.5. The van der Waals surface area contributed by atoms with Crippen molar-refractivity contribution in [1.29, 1.82) is 0 Å². The van der Waals surface area contributed by atoms with Crippen LogP contribution in [0.1, 0.15) is 43.0 Å². The topological polar surface area (TPSA) is 19.6 Å². The number of nitrogens with zero attached hydrogens (tertiary/aromatic N) is 2. The van der Waals surface area contributed by atoms with Crippen LogP contribution in [-0.4, -0.2) is 16.5 Å². The summed E-state index contributed by atoms with van der Waals surface area (Å²) in [7, 11) is 0. The van der Waals surface area contributed by atoms with E-state index in [-0.39, 0.29) is 5.41 Å². The van der Waals surface area contributed by atoms with Gasteiger partial charge in [-0.3, -0.25) is 0 Å². The Balaban J connectivity index is 0.916. The van der Waals surface area contributed by atoms with Crippen molar-refractivity contribution >= 4 is 68.2 Å². The Bertz CT molecular complexity index is 3100. The summed E-state index contributed by atoms with van der Waals surface area (Å²) in [4.78, 5) is 8.29. The van der Waals surface area contributed by atoms with Crippen molar-refractivity contribution in [2.75, 3.05) is 9.80 Å². The third-order valence-corrected chi connectivity index (χ3v) is 17.2. The van der Waals surface area contributed by atoms with Crippen LogP contribution in [0.5, 0.6) is 0 Å². The normalized spacial score (nSPS) is 22.6. The molecule has 8 aromatic rings. The minimum absolute atomic E-state index is 0.0513. The zero-order valence-corrected chi connectivity index (χ0v) is 35.1. The van der Waals surface area contributed by atoms with Gasteiger partial charge in [-0.05, 0) is 123 Å². The summed E-state index contributed by atoms with van der Waals surface area (Å²) in [6, 6.07) is 59.6. The third-order valence-electron chi connectivity index (χ3n) is 14.0. The number of benzene rings is 7. The minimum Gasteiger partial charge on any atom is -0.456 e. The fraction of sp³-hybridized carbons (Fsp3) is 0.164. The zero-order valence-electron chi connectivity index (χ0n) is 33.5. The summed E-state index contributed by atoms with van der Waals surface area (Å²) < 4.78 is 6.16. The van der Waals surface area contributed by atoms with Crippen molar-refractivity contribution in [2.45, 2.75) is 53.2 Å². The Kier molecular flexibility index (Phi) is 7.60. The van der Waals surface area contributed by atoms with Gasteiger partial charge < -0.3 is 14.2 Å². The van der Waals surface area contributed by atoms with Crippen LogP contribution in [0.4, 0.5) is 22.7 Å². The van der Waals surface area contributed by atoms with Gasteiger partial charge in [0.1, 0.15) is 11.2 Å². The van der Waals surface area contributed by atoms with Crippen LogP contribution in [0.25, 0.3) is 44.2 Å². The van der Waals surface area contributed by atoms with Gasteiger partial charge in [-0.25, -0.2) is 0 Å². The molecule has 5 aliphatic rings. The highest BCUT2D eigenvalue weighted by Crippen LogP contribution is 2.64. The van der Waals surface area contributed by atoms with Crippen molar-refractivity contribution in [2.24, 2.45) is 5.92 Å². The van der Waals surface area contributed by atoms with Gasteiger partial charge in [-0.1, -0.05) is 117 Å². The SMILES string of the molecule is CC1(C)c2ccccc2-c2cc(N(c3ccc(-c4ccc5oc6ccccc6c5c4)cc3)c3ccc(N4C5c6ccccc6SC5C5SC6=CC=CCC6C54)cc3)ccc21. The van der Waals surface area contributed by atoms with E-state index in [2.05, 4.69) is 211 Å². The standard InChI is InChI=1S/C55H42N2OS2/c1-55(2)45-15-7-3-11-39(45)43-32-38(28-29-46(43)55)56(35-22-19-33(20-23-35)34-21-30-48-44(31-34)40-12-4-8-16-47(40)58-48)36-24-26-37(27-25-36)57-51-41-13-5-9-17-49(41)59-53(51)54-52(57)42-14-6-10-18-50(42)60-54/h3-13,15-32,42,51-54H,14H2,1-2H3. The van der Waals surface area contributed by atoms with Crippen LogP contribution in [-0.2, 0) is 5.41 Å². The Morgan fingerprint density at radius 1 is 0.617 bits per heavy atom. The Hall–Kier alpha value is -5.88. The second-order valence-corrected chi connectivity index (χ2v) is 20.0. The fourth-order valence-electron chi connectivity index (χ4n) is 11.2. The van der Waals surface area contributed by atoms with Crippen molar-refractivity contribution < 1.29 is 4.42 Å². The molecule has 1 aromatic heterocycles. The number of para-hydroxylation sites is 1. The van der Waals surface area contributed by atoms with E-state index in [1.807, 2.05) is 12.1 Å². The van der Waals surface area contributed by atoms with E-state index in [0.717, 1.165) is 45.4 Å². The molecule has 0 spiro atoms. The first-order valence-electron chi connectivity index (χ1n) is 21.2. The molecule has 7 aromatic carbocycles.